The molecule has 1 aromatic carbocycles. The highest BCUT2D eigenvalue weighted by atomic mass is 79.9. The third-order valence-electron chi connectivity index (χ3n) is 1.81. The lowest BCUT2D eigenvalue weighted by Gasteiger charge is -1.92. The van der Waals surface area contributed by atoms with Gasteiger partial charge in [-0.05, 0) is 28.1 Å². The molecule has 0 amide bonds. The molecule has 0 bridgehead atoms. The van der Waals surface area contributed by atoms with E-state index in [9.17, 15) is 0 Å². The standard InChI is InChI=1S/C9H8BrClN2O/c10-6-3-5(11)4-7-9(6)14-8(13-7)1-2-12/h3-4H,1-2,12H2. The van der Waals surface area contributed by atoms with E-state index in [4.69, 9.17) is 21.8 Å². The summed E-state index contributed by atoms with van der Waals surface area (Å²) < 4.78 is 6.31. The number of oxazole rings is 1. The highest BCUT2D eigenvalue weighted by molar-refractivity contribution is 9.10. The van der Waals surface area contributed by atoms with Gasteiger partial charge < -0.3 is 10.2 Å². The maximum absolute atomic E-state index is 5.87. The average Bonchev–Trinajstić information content (AvgIpc) is 2.48. The molecule has 74 valence electrons. The van der Waals surface area contributed by atoms with Crippen molar-refractivity contribution in [3.63, 3.8) is 0 Å². The van der Waals surface area contributed by atoms with Crippen molar-refractivity contribution >= 4 is 38.6 Å². The zero-order valence-electron chi connectivity index (χ0n) is 7.26. The summed E-state index contributed by atoms with van der Waals surface area (Å²) in [6.07, 6.45) is 0.638. The van der Waals surface area contributed by atoms with Gasteiger partial charge in [-0.15, -0.1) is 0 Å². The highest BCUT2D eigenvalue weighted by Crippen LogP contribution is 2.28. The van der Waals surface area contributed by atoms with Crippen LogP contribution in [0.1, 0.15) is 5.89 Å². The SMILES string of the molecule is NCCc1nc2cc(Cl)cc(Br)c2o1. The minimum atomic E-state index is 0.526. The van der Waals surface area contributed by atoms with Gasteiger partial charge in [0, 0.05) is 18.0 Å². The Hall–Kier alpha value is -0.580. The molecule has 0 saturated carbocycles. The molecule has 5 heteroatoms. The van der Waals surface area contributed by atoms with Gasteiger partial charge in [-0.2, -0.15) is 0 Å². The average molecular weight is 276 g/mol. The molecule has 3 nitrogen and oxygen atoms in total. The number of halogens is 2. The van der Waals surface area contributed by atoms with Crippen molar-refractivity contribution in [1.29, 1.82) is 0 Å². The van der Waals surface area contributed by atoms with Crippen molar-refractivity contribution in [2.45, 2.75) is 6.42 Å². The topological polar surface area (TPSA) is 52.0 Å². The van der Waals surface area contributed by atoms with E-state index in [1.54, 1.807) is 12.1 Å². The first-order valence-corrected chi connectivity index (χ1v) is 5.32. The van der Waals surface area contributed by atoms with E-state index in [1.807, 2.05) is 0 Å². The quantitative estimate of drug-likeness (QED) is 0.917. The van der Waals surface area contributed by atoms with E-state index in [2.05, 4.69) is 20.9 Å². The number of nitrogens with two attached hydrogens (primary N) is 1. The van der Waals surface area contributed by atoms with Gasteiger partial charge in [0.2, 0.25) is 0 Å². The fourth-order valence-corrected chi connectivity index (χ4v) is 2.11. The van der Waals surface area contributed by atoms with Gasteiger partial charge in [-0.1, -0.05) is 11.6 Å². The Balaban J connectivity index is 2.58. The Kier molecular flexibility index (Phi) is 2.76. The number of rotatable bonds is 2. The van der Waals surface area contributed by atoms with Crippen LogP contribution in [0.2, 0.25) is 5.02 Å². The van der Waals surface area contributed by atoms with Crippen molar-refractivity contribution in [2.75, 3.05) is 6.54 Å². The lowest BCUT2D eigenvalue weighted by atomic mass is 10.3. The molecular weight excluding hydrogens is 267 g/mol. The second-order valence-electron chi connectivity index (χ2n) is 2.88. The Morgan fingerprint density at radius 1 is 1.50 bits per heavy atom. The third-order valence-corrected chi connectivity index (χ3v) is 2.62. The number of fused-ring (bicyclic) bond motifs is 1. The van der Waals surface area contributed by atoms with Crippen LogP contribution in [-0.2, 0) is 6.42 Å². The molecule has 0 aliphatic carbocycles. The fourth-order valence-electron chi connectivity index (χ4n) is 1.24. The van der Waals surface area contributed by atoms with E-state index in [0.717, 1.165) is 15.6 Å². The summed E-state index contributed by atoms with van der Waals surface area (Å²) in [5.41, 5.74) is 6.89. The predicted molar refractivity (Wildman–Crippen MR) is 59.5 cm³/mol. The van der Waals surface area contributed by atoms with Gasteiger partial charge in [0.05, 0.1) is 4.47 Å². The third kappa shape index (κ3) is 1.78. The molecule has 14 heavy (non-hydrogen) atoms. The molecule has 0 atom stereocenters. The van der Waals surface area contributed by atoms with Crippen LogP contribution in [0.4, 0.5) is 0 Å². The Morgan fingerprint density at radius 3 is 3.00 bits per heavy atom. The van der Waals surface area contributed by atoms with Crippen molar-refractivity contribution < 1.29 is 4.42 Å². The van der Waals surface area contributed by atoms with E-state index in [-0.39, 0.29) is 0 Å². The first-order valence-electron chi connectivity index (χ1n) is 4.15. The Bertz CT molecular complexity index is 469. The molecule has 2 rings (SSSR count). The van der Waals surface area contributed by atoms with Crippen molar-refractivity contribution in [2.24, 2.45) is 5.73 Å². The number of benzene rings is 1. The second-order valence-corrected chi connectivity index (χ2v) is 4.17. The summed E-state index contributed by atoms with van der Waals surface area (Å²) in [4.78, 5) is 4.26. The minimum Gasteiger partial charge on any atom is -0.439 e. The lowest BCUT2D eigenvalue weighted by molar-refractivity contribution is 0.530. The second kappa shape index (κ2) is 3.88. The number of hydrogen-bond donors (Lipinski definition) is 1. The van der Waals surface area contributed by atoms with Crippen LogP contribution in [0.25, 0.3) is 11.1 Å². The van der Waals surface area contributed by atoms with Gasteiger partial charge in [-0.3, -0.25) is 0 Å². The minimum absolute atomic E-state index is 0.526. The lowest BCUT2D eigenvalue weighted by Crippen LogP contribution is -2.02. The van der Waals surface area contributed by atoms with Crippen LogP contribution in [-0.4, -0.2) is 11.5 Å². The van der Waals surface area contributed by atoms with E-state index >= 15 is 0 Å². The highest BCUT2D eigenvalue weighted by Gasteiger charge is 2.09. The Labute approximate surface area is 94.4 Å². The molecule has 0 fully saturated rings. The van der Waals surface area contributed by atoms with E-state index in [1.165, 1.54) is 0 Å². The number of hydrogen-bond acceptors (Lipinski definition) is 3. The molecular formula is C9H8BrClN2O. The van der Waals surface area contributed by atoms with Crippen LogP contribution in [0, 0.1) is 0 Å². The Morgan fingerprint density at radius 2 is 2.29 bits per heavy atom. The molecule has 0 aliphatic rings. The summed E-state index contributed by atoms with van der Waals surface area (Å²) in [5.74, 6) is 0.644. The van der Waals surface area contributed by atoms with Gasteiger partial charge in [0.1, 0.15) is 5.52 Å². The fraction of sp³-hybridized carbons (Fsp3) is 0.222. The smallest absolute Gasteiger partial charge is 0.196 e. The number of nitrogens with zero attached hydrogens (tertiary/aromatic N) is 1. The molecule has 0 radical (unpaired) electrons. The zero-order valence-corrected chi connectivity index (χ0v) is 9.60. The summed E-state index contributed by atoms with van der Waals surface area (Å²) in [6.45, 7) is 0.526. The van der Waals surface area contributed by atoms with E-state index < -0.39 is 0 Å². The van der Waals surface area contributed by atoms with Gasteiger partial charge in [-0.25, -0.2) is 4.98 Å². The molecule has 2 aromatic rings. The normalized spacial score (nSPS) is 11.1. The summed E-state index contributed by atoms with van der Waals surface area (Å²) in [7, 11) is 0. The maximum Gasteiger partial charge on any atom is 0.196 e. The van der Waals surface area contributed by atoms with Crippen LogP contribution in [0.3, 0.4) is 0 Å². The van der Waals surface area contributed by atoms with Crippen LogP contribution < -0.4 is 5.73 Å². The van der Waals surface area contributed by atoms with Crippen molar-refractivity contribution in [3.05, 3.63) is 27.5 Å². The van der Waals surface area contributed by atoms with E-state index in [0.29, 0.717) is 23.9 Å². The molecule has 1 aromatic heterocycles. The first-order chi connectivity index (χ1) is 6.70. The molecule has 0 spiro atoms. The van der Waals surface area contributed by atoms with Crippen LogP contribution in [0.15, 0.2) is 21.0 Å². The van der Waals surface area contributed by atoms with Crippen molar-refractivity contribution in [1.82, 2.24) is 4.98 Å². The molecule has 0 unspecified atom stereocenters. The van der Waals surface area contributed by atoms with Gasteiger partial charge >= 0.3 is 0 Å². The van der Waals surface area contributed by atoms with Crippen LogP contribution >= 0.6 is 27.5 Å². The van der Waals surface area contributed by atoms with Gasteiger partial charge in [0.15, 0.2) is 11.5 Å². The molecule has 0 saturated heterocycles. The maximum atomic E-state index is 5.87. The monoisotopic (exact) mass is 274 g/mol. The summed E-state index contributed by atoms with van der Waals surface area (Å²) in [5, 5.41) is 0.636. The number of aromatic nitrogens is 1. The largest absolute Gasteiger partial charge is 0.439 e. The first kappa shape index (κ1) is 9.96. The predicted octanol–water partition coefficient (Wildman–Crippen LogP) is 2.74. The van der Waals surface area contributed by atoms with Crippen molar-refractivity contribution in [3.8, 4) is 0 Å². The van der Waals surface area contributed by atoms with Crippen LogP contribution in [0.5, 0.6) is 0 Å². The zero-order chi connectivity index (χ0) is 10.1. The van der Waals surface area contributed by atoms with Gasteiger partial charge in [0.25, 0.3) is 0 Å². The molecule has 1 heterocycles. The summed E-state index contributed by atoms with van der Waals surface area (Å²) >= 11 is 9.24. The molecule has 0 aliphatic heterocycles. The molecule has 2 N–H and O–H groups in total. The summed E-state index contributed by atoms with van der Waals surface area (Å²) in [6, 6.07) is 3.55.